The summed E-state index contributed by atoms with van der Waals surface area (Å²) in [5.41, 5.74) is 11.1. The number of benzene rings is 4. The van der Waals surface area contributed by atoms with Crippen molar-refractivity contribution in [1.29, 1.82) is 0 Å². The van der Waals surface area contributed by atoms with Gasteiger partial charge in [-0.2, -0.15) is 0 Å². The maximum absolute atomic E-state index is 2.49. The summed E-state index contributed by atoms with van der Waals surface area (Å²) in [5.74, 6) is 1.11. The quantitative estimate of drug-likeness (QED) is 0.225. The molecule has 4 aromatic rings. The first kappa shape index (κ1) is 32.1. The zero-order valence-corrected chi connectivity index (χ0v) is 28.2. The van der Waals surface area contributed by atoms with Crippen molar-refractivity contribution in [1.82, 2.24) is 19.6 Å². The Morgan fingerprint density at radius 2 is 0.477 bits per heavy atom. The van der Waals surface area contributed by atoms with Crippen LogP contribution in [-0.2, 0) is 0 Å². The van der Waals surface area contributed by atoms with Gasteiger partial charge in [0.25, 0.3) is 0 Å². The van der Waals surface area contributed by atoms with Gasteiger partial charge in [-0.15, -0.1) is 0 Å². The van der Waals surface area contributed by atoms with E-state index in [-0.39, 0.29) is 23.7 Å². The molecule has 0 spiro atoms. The largest absolute Gasteiger partial charge is 0.308 e. The van der Waals surface area contributed by atoms with E-state index >= 15 is 0 Å². The van der Waals surface area contributed by atoms with Crippen LogP contribution in [0.5, 0.6) is 0 Å². The summed E-state index contributed by atoms with van der Waals surface area (Å²) < 4.78 is 0. The summed E-state index contributed by atoms with van der Waals surface area (Å²) in [6, 6.07) is 37.8. The summed E-state index contributed by atoms with van der Waals surface area (Å²) in [5, 5.41) is 0. The second-order valence-electron chi connectivity index (χ2n) is 13.9. The van der Waals surface area contributed by atoms with E-state index in [4.69, 9.17) is 0 Å². The van der Waals surface area contributed by atoms with E-state index in [1.165, 1.54) is 44.5 Å². The molecule has 0 atom stereocenters. The average Bonchev–Trinajstić information content (AvgIpc) is 2.99. The molecule has 0 unspecified atom stereocenters. The van der Waals surface area contributed by atoms with Gasteiger partial charge in [-0.25, -0.2) is 0 Å². The molecule has 0 saturated carbocycles. The Morgan fingerprint density at radius 3 is 0.614 bits per heavy atom. The molecule has 8 bridgehead atoms. The fourth-order valence-corrected chi connectivity index (χ4v) is 7.04. The molecule has 0 fully saturated rings. The SMILES string of the molecule is CN(C)CC1c2cccc(c2)C(CN(C)C)c2cccc(c2)C(CN(C)C)c2cccc(c2)C(CN(C)C)c2cccc1c2. The van der Waals surface area contributed by atoms with Crippen molar-refractivity contribution in [3.05, 3.63) is 142 Å². The Balaban J connectivity index is 1.79. The molecule has 4 aromatic carbocycles. The Kier molecular flexibility index (Phi) is 10.4. The lowest BCUT2D eigenvalue weighted by atomic mass is 9.80. The topological polar surface area (TPSA) is 13.0 Å². The molecule has 44 heavy (non-hydrogen) atoms. The number of rotatable bonds is 8. The maximum atomic E-state index is 2.49. The van der Waals surface area contributed by atoms with Gasteiger partial charge in [-0.05, 0) is 101 Å². The number of nitrogens with zero attached hydrogens (tertiary/aromatic N) is 4. The highest BCUT2D eigenvalue weighted by Gasteiger charge is 2.25. The van der Waals surface area contributed by atoms with Crippen LogP contribution in [0, 0.1) is 0 Å². The normalized spacial score (nSPS) is 20.1. The highest BCUT2D eigenvalue weighted by atomic mass is 15.1. The highest BCUT2D eigenvalue weighted by molar-refractivity contribution is 5.46. The molecule has 0 heterocycles. The van der Waals surface area contributed by atoms with Crippen LogP contribution in [0.25, 0.3) is 0 Å². The fourth-order valence-electron chi connectivity index (χ4n) is 7.04. The molecule has 4 nitrogen and oxygen atoms in total. The molecule has 0 aromatic heterocycles. The number of fused-ring (bicyclic) bond motifs is 8. The summed E-state index contributed by atoms with van der Waals surface area (Å²) >= 11 is 0. The Hall–Kier alpha value is -3.28. The van der Waals surface area contributed by atoms with Crippen molar-refractivity contribution in [2.75, 3.05) is 82.6 Å². The van der Waals surface area contributed by atoms with Gasteiger partial charge in [0, 0.05) is 49.9 Å². The monoisotopic (exact) mass is 588 g/mol. The molecular formula is C40H52N4. The van der Waals surface area contributed by atoms with Crippen molar-refractivity contribution >= 4 is 0 Å². The predicted molar refractivity (Wildman–Crippen MR) is 187 cm³/mol. The van der Waals surface area contributed by atoms with Gasteiger partial charge in [-0.3, -0.25) is 0 Å². The molecule has 0 radical (unpaired) electrons. The Labute approximate surface area is 266 Å². The first-order valence-corrected chi connectivity index (χ1v) is 16.1. The third-order valence-electron chi connectivity index (χ3n) is 9.05. The summed E-state index contributed by atoms with van der Waals surface area (Å²) in [6.07, 6.45) is 0. The van der Waals surface area contributed by atoms with Gasteiger partial charge in [0.05, 0.1) is 0 Å². The lowest BCUT2D eigenvalue weighted by Gasteiger charge is -2.29. The Morgan fingerprint density at radius 1 is 0.318 bits per heavy atom. The van der Waals surface area contributed by atoms with Crippen LogP contribution in [0.2, 0.25) is 0 Å². The van der Waals surface area contributed by atoms with Crippen LogP contribution in [0.1, 0.15) is 68.2 Å². The van der Waals surface area contributed by atoms with E-state index in [2.05, 4.69) is 173 Å². The zero-order valence-electron chi connectivity index (χ0n) is 28.2. The molecule has 0 saturated heterocycles. The van der Waals surface area contributed by atoms with Crippen molar-refractivity contribution in [3.63, 3.8) is 0 Å². The minimum atomic E-state index is 0.278. The smallest absolute Gasteiger partial charge is 0.0217 e. The third kappa shape index (κ3) is 7.68. The van der Waals surface area contributed by atoms with Crippen LogP contribution in [-0.4, -0.2) is 102 Å². The van der Waals surface area contributed by atoms with E-state index in [1.54, 1.807) is 0 Å². The first-order valence-electron chi connectivity index (χ1n) is 16.1. The van der Waals surface area contributed by atoms with Crippen molar-refractivity contribution in [3.8, 4) is 0 Å². The second-order valence-corrected chi connectivity index (χ2v) is 13.9. The van der Waals surface area contributed by atoms with Gasteiger partial charge in [0.2, 0.25) is 0 Å². The molecule has 0 N–H and O–H groups in total. The molecule has 0 amide bonds. The standard InChI is InChI=1S/C40H52N4/c1-41(2)25-37-29-13-9-15-31(21-29)38(26-42(3)4)33-17-11-19-35(23-33)40(28-44(7)8)36-20-12-18-34(24-36)39(27-43(5)6)32-16-10-14-30(37)22-32/h9-24,37-40H,25-28H2,1-8H3. The minimum absolute atomic E-state index is 0.278. The van der Waals surface area contributed by atoms with Gasteiger partial charge >= 0.3 is 0 Å². The van der Waals surface area contributed by atoms with Gasteiger partial charge in [-0.1, -0.05) is 97.1 Å². The van der Waals surface area contributed by atoms with Crippen LogP contribution < -0.4 is 0 Å². The van der Waals surface area contributed by atoms with E-state index < -0.39 is 0 Å². The molecule has 1 aliphatic carbocycles. The lowest BCUT2D eigenvalue weighted by Crippen LogP contribution is -2.25. The maximum Gasteiger partial charge on any atom is 0.0217 e. The third-order valence-corrected chi connectivity index (χ3v) is 9.05. The van der Waals surface area contributed by atoms with Gasteiger partial charge in [0.1, 0.15) is 0 Å². The molecule has 1 aliphatic rings. The summed E-state index contributed by atoms with van der Waals surface area (Å²) in [4.78, 5) is 9.31. The fraction of sp³-hybridized carbons (Fsp3) is 0.400. The van der Waals surface area contributed by atoms with Crippen molar-refractivity contribution in [2.45, 2.75) is 23.7 Å². The van der Waals surface area contributed by atoms with Gasteiger partial charge in [0.15, 0.2) is 0 Å². The average molecular weight is 589 g/mol. The lowest BCUT2D eigenvalue weighted by molar-refractivity contribution is 0.385. The van der Waals surface area contributed by atoms with Crippen LogP contribution in [0.3, 0.4) is 0 Å². The summed E-state index contributed by atoms with van der Waals surface area (Å²) in [6.45, 7) is 3.84. The highest BCUT2D eigenvalue weighted by Crippen LogP contribution is 2.37. The van der Waals surface area contributed by atoms with Crippen LogP contribution in [0.15, 0.2) is 97.1 Å². The van der Waals surface area contributed by atoms with Crippen molar-refractivity contribution < 1.29 is 0 Å². The van der Waals surface area contributed by atoms with Crippen LogP contribution in [0.4, 0.5) is 0 Å². The molecule has 5 rings (SSSR count). The van der Waals surface area contributed by atoms with E-state index in [0.717, 1.165) is 26.2 Å². The zero-order chi connectivity index (χ0) is 31.4. The molecule has 232 valence electrons. The molecular weight excluding hydrogens is 536 g/mol. The number of hydrogen-bond acceptors (Lipinski definition) is 4. The van der Waals surface area contributed by atoms with Crippen molar-refractivity contribution in [2.24, 2.45) is 0 Å². The van der Waals surface area contributed by atoms with Crippen LogP contribution >= 0.6 is 0 Å². The van der Waals surface area contributed by atoms with E-state index in [9.17, 15) is 0 Å². The van der Waals surface area contributed by atoms with E-state index in [0.29, 0.717) is 0 Å². The molecule has 0 aliphatic heterocycles. The summed E-state index contributed by atoms with van der Waals surface area (Å²) in [7, 11) is 17.5. The van der Waals surface area contributed by atoms with Gasteiger partial charge < -0.3 is 19.6 Å². The van der Waals surface area contributed by atoms with E-state index in [1.807, 2.05) is 0 Å². The molecule has 4 heteroatoms. The number of hydrogen-bond donors (Lipinski definition) is 0. The predicted octanol–water partition coefficient (Wildman–Crippen LogP) is 6.77. The second kappa shape index (κ2) is 14.2. The Bertz CT molecular complexity index is 1210. The minimum Gasteiger partial charge on any atom is -0.308 e. The first-order chi connectivity index (χ1) is 21.1. The number of likely N-dealkylation sites (N-methyl/N-ethyl adjacent to an activating group) is 4.